The van der Waals surface area contributed by atoms with Crippen molar-refractivity contribution >= 4 is 60.7 Å². The standard InChI is InChI=1S/C52H36N2O/c1-52(2)44-19-10-8-18-41(44)50-45(52)20-12-22-47(50)54(36-26-23-34(24-27-36)33-13-4-3-5-14-33)37-28-30-49-43(32-37)42-31-35(25-29-48(42)55-49)51-40-17-7-6-15-38(40)39-16-9-11-21-46(39)53-51/h3-32H,1-2H3. The van der Waals surface area contributed by atoms with E-state index in [1.165, 1.54) is 38.8 Å². The van der Waals surface area contributed by atoms with E-state index in [-0.39, 0.29) is 5.41 Å². The van der Waals surface area contributed by atoms with Gasteiger partial charge in [-0.05, 0) is 93.9 Å². The van der Waals surface area contributed by atoms with Crippen LogP contribution >= 0.6 is 0 Å². The molecular formula is C52H36N2O. The number of aromatic nitrogens is 1. The van der Waals surface area contributed by atoms with Gasteiger partial charge in [-0.3, -0.25) is 0 Å². The average Bonchev–Trinajstić information content (AvgIpc) is 3.72. The maximum atomic E-state index is 6.52. The van der Waals surface area contributed by atoms with Crippen molar-refractivity contribution in [2.75, 3.05) is 4.90 Å². The summed E-state index contributed by atoms with van der Waals surface area (Å²) in [4.78, 5) is 7.65. The summed E-state index contributed by atoms with van der Waals surface area (Å²) in [7, 11) is 0. The minimum atomic E-state index is -0.118. The summed E-state index contributed by atoms with van der Waals surface area (Å²) >= 11 is 0. The Hall–Kier alpha value is -6.97. The molecule has 0 aliphatic heterocycles. The van der Waals surface area contributed by atoms with Gasteiger partial charge in [0, 0.05) is 49.5 Å². The third-order valence-electron chi connectivity index (χ3n) is 11.7. The number of hydrogen-bond acceptors (Lipinski definition) is 3. The second-order valence-electron chi connectivity index (χ2n) is 15.1. The monoisotopic (exact) mass is 704 g/mol. The van der Waals surface area contributed by atoms with Crippen molar-refractivity contribution in [3.63, 3.8) is 0 Å². The second kappa shape index (κ2) is 12.0. The molecule has 0 saturated heterocycles. The van der Waals surface area contributed by atoms with Gasteiger partial charge in [-0.2, -0.15) is 0 Å². The van der Waals surface area contributed by atoms with Crippen molar-refractivity contribution in [2.24, 2.45) is 0 Å². The van der Waals surface area contributed by atoms with Gasteiger partial charge < -0.3 is 9.32 Å². The Kier molecular flexibility index (Phi) is 6.90. The van der Waals surface area contributed by atoms with Crippen molar-refractivity contribution < 1.29 is 4.42 Å². The molecule has 1 aliphatic carbocycles. The highest BCUT2D eigenvalue weighted by atomic mass is 16.3. The van der Waals surface area contributed by atoms with E-state index in [1.54, 1.807) is 0 Å². The smallest absolute Gasteiger partial charge is 0.135 e. The molecule has 2 heterocycles. The number of nitrogens with zero attached hydrogens (tertiary/aromatic N) is 2. The van der Waals surface area contributed by atoms with Gasteiger partial charge in [-0.25, -0.2) is 4.98 Å². The first-order chi connectivity index (χ1) is 27.0. The van der Waals surface area contributed by atoms with Gasteiger partial charge in [0.15, 0.2) is 0 Å². The lowest BCUT2D eigenvalue weighted by atomic mass is 9.82. The largest absolute Gasteiger partial charge is 0.456 e. The summed E-state index contributed by atoms with van der Waals surface area (Å²) in [6.07, 6.45) is 0. The highest BCUT2D eigenvalue weighted by molar-refractivity contribution is 6.13. The zero-order valence-electron chi connectivity index (χ0n) is 30.6. The summed E-state index contributed by atoms with van der Waals surface area (Å²) in [6, 6.07) is 65.3. The number of fused-ring (bicyclic) bond motifs is 9. The molecule has 3 heteroatoms. The van der Waals surface area contributed by atoms with Gasteiger partial charge in [-0.15, -0.1) is 0 Å². The van der Waals surface area contributed by atoms with E-state index in [1.807, 2.05) is 0 Å². The van der Waals surface area contributed by atoms with Crippen LogP contribution in [0.1, 0.15) is 25.0 Å². The average molecular weight is 705 g/mol. The molecule has 0 bridgehead atoms. The lowest BCUT2D eigenvalue weighted by Gasteiger charge is -2.29. The third kappa shape index (κ3) is 4.86. The first-order valence-corrected chi connectivity index (χ1v) is 19.0. The van der Waals surface area contributed by atoms with Crippen LogP contribution in [0.5, 0.6) is 0 Å². The third-order valence-corrected chi connectivity index (χ3v) is 11.7. The van der Waals surface area contributed by atoms with Crippen LogP contribution in [-0.4, -0.2) is 4.98 Å². The molecule has 2 aromatic heterocycles. The molecule has 10 aromatic rings. The van der Waals surface area contributed by atoms with Gasteiger partial charge in [0.1, 0.15) is 11.2 Å². The number of rotatable bonds is 5. The van der Waals surface area contributed by atoms with Crippen molar-refractivity contribution in [1.29, 1.82) is 0 Å². The molecule has 1 aliphatic rings. The Bertz CT molecular complexity index is 3120. The number of benzene rings is 8. The topological polar surface area (TPSA) is 29.3 Å². The summed E-state index contributed by atoms with van der Waals surface area (Å²) in [5.41, 5.74) is 15.6. The van der Waals surface area contributed by atoms with Crippen LogP contribution in [0.25, 0.3) is 77.1 Å². The quantitative estimate of drug-likeness (QED) is 0.167. The van der Waals surface area contributed by atoms with E-state index in [0.29, 0.717) is 0 Å². The zero-order valence-corrected chi connectivity index (χ0v) is 30.6. The van der Waals surface area contributed by atoms with Gasteiger partial charge in [0.05, 0.1) is 16.9 Å². The fourth-order valence-electron chi connectivity index (χ4n) is 8.96. The summed E-state index contributed by atoms with van der Waals surface area (Å²) in [5, 5.41) is 5.64. The fourth-order valence-corrected chi connectivity index (χ4v) is 8.96. The lowest BCUT2D eigenvalue weighted by Crippen LogP contribution is -2.16. The SMILES string of the molecule is CC1(C)c2ccccc2-c2c(N(c3ccc(-c4ccccc4)cc3)c3ccc4oc5ccc(-c6nc7ccccc7c7ccccc67)cc5c4c3)cccc21. The molecule has 0 fully saturated rings. The second-order valence-corrected chi connectivity index (χ2v) is 15.1. The number of para-hydroxylation sites is 1. The predicted molar refractivity (Wildman–Crippen MR) is 230 cm³/mol. The Morgan fingerprint density at radius 1 is 0.455 bits per heavy atom. The van der Waals surface area contributed by atoms with Gasteiger partial charge in [0.25, 0.3) is 0 Å². The van der Waals surface area contributed by atoms with Crippen LogP contribution < -0.4 is 4.90 Å². The Morgan fingerprint density at radius 2 is 1.07 bits per heavy atom. The highest BCUT2D eigenvalue weighted by Gasteiger charge is 2.37. The van der Waals surface area contributed by atoms with Gasteiger partial charge >= 0.3 is 0 Å². The van der Waals surface area contributed by atoms with Crippen molar-refractivity contribution in [1.82, 2.24) is 4.98 Å². The Balaban J connectivity index is 1.12. The van der Waals surface area contributed by atoms with Crippen LogP contribution in [0, 0.1) is 0 Å². The zero-order chi connectivity index (χ0) is 36.7. The molecule has 0 spiro atoms. The van der Waals surface area contributed by atoms with E-state index < -0.39 is 0 Å². The molecule has 0 saturated carbocycles. The van der Waals surface area contributed by atoms with Crippen LogP contribution in [0.3, 0.4) is 0 Å². The molecule has 0 radical (unpaired) electrons. The van der Waals surface area contributed by atoms with Crippen molar-refractivity contribution in [2.45, 2.75) is 19.3 Å². The van der Waals surface area contributed by atoms with E-state index >= 15 is 0 Å². The summed E-state index contributed by atoms with van der Waals surface area (Å²) < 4.78 is 6.52. The van der Waals surface area contributed by atoms with Crippen molar-refractivity contribution in [3.8, 4) is 33.5 Å². The lowest BCUT2D eigenvalue weighted by molar-refractivity contribution is 0.660. The highest BCUT2D eigenvalue weighted by Crippen LogP contribution is 2.54. The number of hydrogen-bond donors (Lipinski definition) is 0. The van der Waals surface area contributed by atoms with Gasteiger partial charge in [-0.1, -0.05) is 135 Å². The predicted octanol–water partition coefficient (Wildman–Crippen LogP) is 14.4. The molecule has 0 atom stereocenters. The molecule has 0 amide bonds. The first-order valence-electron chi connectivity index (χ1n) is 19.0. The van der Waals surface area contributed by atoms with Crippen LogP contribution in [0.15, 0.2) is 186 Å². The molecule has 0 unspecified atom stereocenters. The van der Waals surface area contributed by atoms with Gasteiger partial charge in [0.2, 0.25) is 0 Å². The molecule has 8 aromatic carbocycles. The maximum Gasteiger partial charge on any atom is 0.135 e. The minimum absolute atomic E-state index is 0.118. The molecular weight excluding hydrogens is 669 g/mol. The fraction of sp³-hybridized carbons (Fsp3) is 0.0577. The van der Waals surface area contributed by atoms with Crippen molar-refractivity contribution in [3.05, 3.63) is 193 Å². The van der Waals surface area contributed by atoms with Crippen LogP contribution in [-0.2, 0) is 5.41 Å². The molecule has 3 nitrogen and oxygen atoms in total. The Morgan fingerprint density at radius 3 is 1.91 bits per heavy atom. The van der Waals surface area contributed by atoms with E-state index in [2.05, 4.69) is 201 Å². The Labute approximate surface area is 319 Å². The summed E-state index contributed by atoms with van der Waals surface area (Å²) in [5.74, 6) is 0. The molecule has 55 heavy (non-hydrogen) atoms. The normalized spacial score (nSPS) is 13.1. The number of pyridine rings is 1. The maximum absolute atomic E-state index is 6.52. The van der Waals surface area contributed by atoms with E-state index in [9.17, 15) is 0 Å². The first kappa shape index (κ1) is 31.5. The number of furan rings is 1. The van der Waals surface area contributed by atoms with Crippen LogP contribution in [0.4, 0.5) is 17.1 Å². The van der Waals surface area contributed by atoms with E-state index in [0.717, 1.165) is 66.5 Å². The molecule has 11 rings (SSSR count). The summed E-state index contributed by atoms with van der Waals surface area (Å²) in [6.45, 7) is 4.69. The number of anilines is 3. The molecule has 0 N–H and O–H groups in total. The molecule has 260 valence electrons. The van der Waals surface area contributed by atoms with E-state index in [4.69, 9.17) is 9.40 Å². The minimum Gasteiger partial charge on any atom is -0.456 e. The van der Waals surface area contributed by atoms with Crippen LogP contribution in [0.2, 0.25) is 0 Å².